The molecule has 4 heteroatoms. The summed E-state index contributed by atoms with van der Waals surface area (Å²) < 4.78 is 4.88. The Balaban J connectivity index is 1.70. The van der Waals surface area contributed by atoms with Crippen LogP contribution < -0.4 is 11.1 Å². The van der Waals surface area contributed by atoms with Gasteiger partial charge in [0.05, 0.1) is 6.61 Å². The number of carbonyl (C=O) groups excluding carboxylic acids is 1. The van der Waals surface area contributed by atoms with Crippen LogP contribution in [-0.2, 0) is 9.53 Å². The van der Waals surface area contributed by atoms with E-state index in [0.717, 1.165) is 12.3 Å². The van der Waals surface area contributed by atoms with Gasteiger partial charge in [-0.25, -0.2) is 0 Å². The van der Waals surface area contributed by atoms with Crippen molar-refractivity contribution in [2.45, 2.75) is 50.6 Å². The summed E-state index contributed by atoms with van der Waals surface area (Å²) in [5, 5.41) is 3.04. The standard InChI is InChI=1S/C13H24N2O2/c1-17-8-11(14)13(16)15-12-7-10(12)9-5-3-2-4-6-9/h9-12H,2-8,14H2,1H3,(H,15,16). The quantitative estimate of drug-likeness (QED) is 0.755. The molecule has 0 saturated heterocycles. The van der Waals surface area contributed by atoms with Crippen LogP contribution in [0.25, 0.3) is 0 Å². The molecule has 3 unspecified atom stereocenters. The van der Waals surface area contributed by atoms with Crippen molar-refractivity contribution in [3.8, 4) is 0 Å². The highest BCUT2D eigenvalue weighted by atomic mass is 16.5. The molecular formula is C13H24N2O2. The summed E-state index contributed by atoms with van der Waals surface area (Å²) >= 11 is 0. The van der Waals surface area contributed by atoms with Crippen LogP contribution in [0, 0.1) is 11.8 Å². The zero-order valence-electron chi connectivity index (χ0n) is 10.7. The Kier molecular flexibility index (Phi) is 4.40. The molecular weight excluding hydrogens is 216 g/mol. The van der Waals surface area contributed by atoms with Crippen molar-refractivity contribution in [1.29, 1.82) is 0 Å². The maximum Gasteiger partial charge on any atom is 0.239 e. The minimum Gasteiger partial charge on any atom is -0.383 e. The number of rotatable bonds is 5. The number of carbonyl (C=O) groups is 1. The van der Waals surface area contributed by atoms with Crippen LogP contribution in [0.4, 0.5) is 0 Å². The van der Waals surface area contributed by atoms with Crippen LogP contribution in [0.3, 0.4) is 0 Å². The number of hydrogen-bond donors (Lipinski definition) is 2. The zero-order chi connectivity index (χ0) is 12.3. The lowest BCUT2D eigenvalue weighted by molar-refractivity contribution is -0.123. The molecule has 2 rings (SSSR count). The second kappa shape index (κ2) is 5.83. The molecule has 2 fully saturated rings. The first-order chi connectivity index (χ1) is 8.22. The van der Waals surface area contributed by atoms with Crippen LogP contribution in [0.5, 0.6) is 0 Å². The Labute approximate surface area is 103 Å². The number of nitrogens with two attached hydrogens (primary N) is 1. The van der Waals surface area contributed by atoms with E-state index in [0.29, 0.717) is 18.6 Å². The van der Waals surface area contributed by atoms with Crippen LogP contribution in [0.1, 0.15) is 38.5 Å². The van der Waals surface area contributed by atoms with E-state index in [1.54, 1.807) is 7.11 Å². The van der Waals surface area contributed by atoms with E-state index in [1.165, 1.54) is 32.1 Å². The average molecular weight is 240 g/mol. The minimum absolute atomic E-state index is 0.0600. The molecule has 3 atom stereocenters. The molecule has 17 heavy (non-hydrogen) atoms. The van der Waals surface area contributed by atoms with E-state index in [1.807, 2.05) is 0 Å². The fourth-order valence-electron chi connectivity index (χ4n) is 3.01. The predicted molar refractivity (Wildman–Crippen MR) is 66.5 cm³/mol. The van der Waals surface area contributed by atoms with Crippen molar-refractivity contribution in [3.63, 3.8) is 0 Å². The maximum atomic E-state index is 11.7. The average Bonchev–Trinajstić information content (AvgIpc) is 3.10. The summed E-state index contributed by atoms with van der Waals surface area (Å²) in [5.74, 6) is 1.50. The van der Waals surface area contributed by atoms with Gasteiger partial charge in [0, 0.05) is 13.2 Å². The molecule has 2 saturated carbocycles. The Bertz CT molecular complexity index is 264. The summed E-state index contributed by atoms with van der Waals surface area (Å²) in [7, 11) is 1.56. The van der Waals surface area contributed by atoms with Crippen molar-refractivity contribution in [2.75, 3.05) is 13.7 Å². The molecule has 4 nitrogen and oxygen atoms in total. The fourth-order valence-corrected chi connectivity index (χ4v) is 3.01. The van der Waals surface area contributed by atoms with Crippen molar-refractivity contribution in [3.05, 3.63) is 0 Å². The molecule has 0 bridgehead atoms. The first-order valence-corrected chi connectivity index (χ1v) is 6.77. The van der Waals surface area contributed by atoms with Crippen LogP contribution in [0.15, 0.2) is 0 Å². The van der Waals surface area contributed by atoms with Gasteiger partial charge in [0.1, 0.15) is 6.04 Å². The zero-order valence-corrected chi connectivity index (χ0v) is 10.7. The Hall–Kier alpha value is -0.610. The molecule has 0 aromatic carbocycles. The third-order valence-corrected chi connectivity index (χ3v) is 4.11. The predicted octanol–water partition coefficient (Wildman–Crippen LogP) is 1.05. The third-order valence-electron chi connectivity index (χ3n) is 4.11. The van der Waals surface area contributed by atoms with Gasteiger partial charge >= 0.3 is 0 Å². The first-order valence-electron chi connectivity index (χ1n) is 6.77. The minimum atomic E-state index is -0.521. The summed E-state index contributed by atoms with van der Waals surface area (Å²) in [4.78, 5) is 11.7. The Morgan fingerprint density at radius 2 is 2.12 bits per heavy atom. The van der Waals surface area contributed by atoms with Gasteiger partial charge in [0.25, 0.3) is 0 Å². The van der Waals surface area contributed by atoms with Crippen molar-refractivity contribution < 1.29 is 9.53 Å². The summed E-state index contributed by atoms with van der Waals surface area (Å²) in [5.41, 5.74) is 5.69. The maximum absolute atomic E-state index is 11.7. The van der Waals surface area contributed by atoms with Crippen molar-refractivity contribution >= 4 is 5.91 Å². The molecule has 0 aromatic rings. The third kappa shape index (κ3) is 3.42. The van der Waals surface area contributed by atoms with Gasteiger partial charge in [0.15, 0.2) is 0 Å². The van der Waals surface area contributed by atoms with E-state index in [9.17, 15) is 4.79 Å². The molecule has 3 N–H and O–H groups in total. The summed E-state index contributed by atoms with van der Waals surface area (Å²) in [6.45, 7) is 0.298. The Morgan fingerprint density at radius 3 is 2.76 bits per heavy atom. The SMILES string of the molecule is COCC(N)C(=O)NC1CC1C1CCCCC1. The topological polar surface area (TPSA) is 64.3 Å². The monoisotopic (exact) mass is 240 g/mol. The Morgan fingerprint density at radius 1 is 1.41 bits per heavy atom. The highest BCUT2D eigenvalue weighted by Gasteiger charge is 2.44. The molecule has 2 aliphatic carbocycles. The fraction of sp³-hybridized carbons (Fsp3) is 0.923. The van der Waals surface area contributed by atoms with E-state index < -0.39 is 6.04 Å². The molecule has 0 heterocycles. The van der Waals surface area contributed by atoms with Gasteiger partial charge in [-0.2, -0.15) is 0 Å². The van der Waals surface area contributed by atoms with Gasteiger partial charge < -0.3 is 15.8 Å². The number of methoxy groups -OCH3 is 1. The van der Waals surface area contributed by atoms with Gasteiger partial charge in [-0.1, -0.05) is 32.1 Å². The van der Waals surface area contributed by atoms with Gasteiger partial charge in [0.2, 0.25) is 5.91 Å². The molecule has 0 radical (unpaired) electrons. The van der Waals surface area contributed by atoms with E-state index in [4.69, 9.17) is 10.5 Å². The second-order valence-electron chi connectivity index (χ2n) is 5.47. The van der Waals surface area contributed by atoms with E-state index in [2.05, 4.69) is 5.32 Å². The molecule has 0 spiro atoms. The number of nitrogens with one attached hydrogen (secondary N) is 1. The lowest BCUT2D eigenvalue weighted by Gasteiger charge is -2.21. The smallest absolute Gasteiger partial charge is 0.239 e. The largest absolute Gasteiger partial charge is 0.383 e. The normalized spacial score (nSPS) is 30.9. The lowest BCUT2D eigenvalue weighted by atomic mass is 9.85. The number of ether oxygens (including phenoxy) is 1. The molecule has 0 aromatic heterocycles. The molecule has 98 valence electrons. The summed E-state index contributed by atoms with van der Waals surface area (Å²) in [6.07, 6.45) is 7.97. The van der Waals surface area contributed by atoms with Crippen LogP contribution in [-0.4, -0.2) is 31.7 Å². The molecule has 2 aliphatic rings. The highest BCUT2D eigenvalue weighted by molar-refractivity contribution is 5.82. The second-order valence-corrected chi connectivity index (χ2v) is 5.47. The van der Waals surface area contributed by atoms with Crippen molar-refractivity contribution in [2.24, 2.45) is 17.6 Å². The van der Waals surface area contributed by atoms with Gasteiger partial charge in [-0.3, -0.25) is 4.79 Å². The number of hydrogen-bond acceptors (Lipinski definition) is 3. The number of amides is 1. The lowest BCUT2D eigenvalue weighted by Crippen LogP contribution is -2.44. The van der Waals surface area contributed by atoms with Gasteiger partial charge in [-0.05, 0) is 18.3 Å². The van der Waals surface area contributed by atoms with E-state index >= 15 is 0 Å². The van der Waals surface area contributed by atoms with Gasteiger partial charge in [-0.15, -0.1) is 0 Å². The molecule has 1 amide bonds. The highest BCUT2D eigenvalue weighted by Crippen LogP contribution is 2.44. The molecule has 0 aliphatic heterocycles. The van der Waals surface area contributed by atoms with Crippen LogP contribution in [0.2, 0.25) is 0 Å². The van der Waals surface area contributed by atoms with E-state index in [-0.39, 0.29) is 5.91 Å². The first kappa shape index (κ1) is 12.8. The van der Waals surface area contributed by atoms with Crippen molar-refractivity contribution in [1.82, 2.24) is 5.32 Å². The van der Waals surface area contributed by atoms with Crippen LogP contribution >= 0.6 is 0 Å². The summed E-state index contributed by atoms with van der Waals surface area (Å²) in [6, 6.07) is -0.138.